The third-order valence-electron chi connectivity index (χ3n) is 3.18. The molecule has 2 rings (SSSR count). The molecule has 0 unspecified atom stereocenters. The van der Waals surface area contributed by atoms with Crippen molar-refractivity contribution in [1.29, 1.82) is 5.26 Å². The SMILES string of the molecule is CC(=O)N1CCN(S(=O)(=O)c2cccnc2C#N)CC1. The van der Waals surface area contributed by atoms with Crippen LogP contribution in [-0.2, 0) is 14.8 Å². The van der Waals surface area contributed by atoms with E-state index in [1.807, 2.05) is 0 Å². The molecular weight excluding hydrogens is 280 g/mol. The highest BCUT2D eigenvalue weighted by Gasteiger charge is 2.31. The smallest absolute Gasteiger partial charge is 0.246 e. The second-order valence-corrected chi connectivity index (χ2v) is 6.28. The van der Waals surface area contributed by atoms with Crippen molar-refractivity contribution in [3.05, 3.63) is 24.0 Å². The molecule has 1 aliphatic rings. The van der Waals surface area contributed by atoms with Crippen LogP contribution in [0, 0.1) is 11.3 Å². The number of rotatable bonds is 2. The van der Waals surface area contributed by atoms with Gasteiger partial charge in [-0.25, -0.2) is 13.4 Å². The van der Waals surface area contributed by atoms with Crippen molar-refractivity contribution in [3.63, 3.8) is 0 Å². The number of carbonyl (C=O) groups excluding carboxylic acids is 1. The van der Waals surface area contributed by atoms with E-state index >= 15 is 0 Å². The lowest BCUT2D eigenvalue weighted by atomic mass is 10.3. The first-order valence-corrected chi connectivity index (χ1v) is 7.51. The Balaban J connectivity index is 2.25. The molecule has 0 aliphatic carbocycles. The number of carbonyl (C=O) groups is 1. The maximum atomic E-state index is 12.5. The number of amides is 1. The summed E-state index contributed by atoms with van der Waals surface area (Å²) in [6.45, 7) is 2.62. The van der Waals surface area contributed by atoms with Crippen LogP contribution in [0.2, 0.25) is 0 Å². The molecule has 1 aliphatic heterocycles. The van der Waals surface area contributed by atoms with Crippen LogP contribution in [0.5, 0.6) is 0 Å². The quantitative estimate of drug-likeness (QED) is 0.753. The number of aromatic nitrogens is 1. The average Bonchev–Trinajstić information content (AvgIpc) is 2.47. The fraction of sp³-hybridized carbons (Fsp3) is 0.417. The van der Waals surface area contributed by atoms with Crippen LogP contribution < -0.4 is 0 Å². The zero-order valence-electron chi connectivity index (χ0n) is 11.0. The van der Waals surface area contributed by atoms with Crippen LogP contribution in [0.4, 0.5) is 0 Å². The van der Waals surface area contributed by atoms with Crippen LogP contribution in [0.15, 0.2) is 23.2 Å². The Morgan fingerprint density at radius 1 is 1.35 bits per heavy atom. The average molecular weight is 294 g/mol. The van der Waals surface area contributed by atoms with Gasteiger partial charge in [0.2, 0.25) is 15.9 Å². The highest BCUT2D eigenvalue weighted by atomic mass is 32.2. The van der Waals surface area contributed by atoms with Gasteiger partial charge in [0.05, 0.1) is 0 Å². The first-order valence-electron chi connectivity index (χ1n) is 6.07. The summed E-state index contributed by atoms with van der Waals surface area (Å²) in [6, 6.07) is 4.65. The molecule has 1 saturated heterocycles. The summed E-state index contributed by atoms with van der Waals surface area (Å²) < 4.78 is 26.2. The van der Waals surface area contributed by atoms with E-state index in [-0.39, 0.29) is 29.6 Å². The zero-order valence-corrected chi connectivity index (χ0v) is 11.8. The molecule has 1 amide bonds. The van der Waals surface area contributed by atoms with E-state index in [1.54, 1.807) is 11.0 Å². The van der Waals surface area contributed by atoms with Crippen molar-refractivity contribution < 1.29 is 13.2 Å². The largest absolute Gasteiger partial charge is 0.340 e. The highest BCUT2D eigenvalue weighted by Crippen LogP contribution is 2.19. The van der Waals surface area contributed by atoms with Gasteiger partial charge in [-0.05, 0) is 12.1 Å². The van der Waals surface area contributed by atoms with Crippen molar-refractivity contribution in [1.82, 2.24) is 14.2 Å². The molecule has 1 aromatic rings. The van der Waals surface area contributed by atoms with E-state index in [0.29, 0.717) is 13.1 Å². The van der Waals surface area contributed by atoms with Gasteiger partial charge in [0.1, 0.15) is 11.0 Å². The molecule has 1 fully saturated rings. The van der Waals surface area contributed by atoms with Gasteiger partial charge in [-0.15, -0.1) is 0 Å². The van der Waals surface area contributed by atoms with Gasteiger partial charge in [0, 0.05) is 39.3 Å². The predicted molar refractivity (Wildman–Crippen MR) is 70.0 cm³/mol. The molecule has 7 nitrogen and oxygen atoms in total. The fourth-order valence-electron chi connectivity index (χ4n) is 2.07. The normalized spacial score (nSPS) is 16.7. The first kappa shape index (κ1) is 14.4. The minimum Gasteiger partial charge on any atom is -0.340 e. The molecule has 0 radical (unpaired) electrons. The van der Waals surface area contributed by atoms with Gasteiger partial charge in [0.15, 0.2) is 5.69 Å². The zero-order chi connectivity index (χ0) is 14.8. The Morgan fingerprint density at radius 2 is 2.00 bits per heavy atom. The molecular formula is C12H14N4O3S. The van der Waals surface area contributed by atoms with Crippen molar-refractivity contribution >= 4 is 15.9 Å². The lowest BCUT2D eigenvalue weighted by molar-refractivity contribution is -0.129. The highest BCUT2D eigenvalue weighted by molar-refractivity contribution is 7.89. The summed E-state index contributed by atoms with van der Waals surface area (Å²) in [5.74, 6) is -0.0684. The summed E-state index contributed by atoms with van der Waals surface area (Å²) in [5, 5.41) is 8.95. The molecule has 20 heavy (non-hydrogen) atoms. The molecule has 2 heterocycles. The molecule has 0 atom stereocenters. The molecule has 0 N–H and O–H groups in total. The van der Waals surface area contributed by atoms with E-state index in [2.05, 4.69) is 4.98 Å². The van der Waals surface area contributed by atoms with Crippen molar-refractivity contribution in [3.8, 4) is 6.07 Å². The molecule has 0 saturated carbocycles. The topological polar surface area (TPSA) is 94.4 Å². The Labute approximate surface area is 117 Å². The summed E-state index contributed by atoms with van der Waals surface area (Å²) in [7, 11) is -3.74. The molecule has 106 valence electrons. The molecule has 1 aromatic heterocycles. The number of nitrogens with zero attached hydrogens (tertiary/aromatic N) is 4. The van der Waals surface area contributed by atoms with Gasteiger partial charge < -0.3 is 4.90 Å². The van der Waals surface area contributed by atoms with Crippen molar-refractivity contribution in [2.45, 2.75) is 11.8 Å². The van der Waals surface area contributed by atoms with E-state index in [4.69, 9.17) is 5.26 Å². The number of piperazine rings is 1. The third-order valence-corrected chi connectivity index (χ3v) is 5.11. The second kappa shape index (κ2) is 5.56. The summed E-state index contributed by atoms with van der Waals surface area (Å²) in [6.07, 6.45) is 1.38. The van der Waals surface area contributed by atoms with E-state index < -0.39 is 10.0 Å². The van der Waals surface area contributed by atoms with Gasteiger partial charge in [-0.2, -0.15) is 9.57 Å². The third kappa shape index (κ3) is 2.64. The number of nitriles is 1. The Hall–Kier alpha value is -1.98. The Morgan fingerprint density at radius 3 is 2.55 bits per heavy atom. The van der Waals surface area contributed by atoms with Crippen molar-refractivity contribution in [2.24, 2.45) is 0 Å². The van der Waals surface area contributed by atoms with Gasteiger partial charge in [-0.1, -0.05) is 0 Å². The fourth-order valence-corrected chi connectivity index (χ4v) is 3.58. The lowest BCUT2D eigenvalue weighted by Crippen LogP contribution is -2.50. The maximum absolute atomic E-state index is 12.5. The molecule has 0 spiro atoms. The minimum absolute atomic E-state index is 0.0684. The number of sulfonamides is 1. The van der Waals surface area contributed by atoms with E-state index in [0.717, 1.165) is 0 Å². The summed E-state index contributed by atoms with van der Waals surface area (Å²) in [5.41, 5.74) is -0.110. The Bertz CT molecular complexity index is 658. The summed E-state index contributed by atoms with van der Waals surface area (Å²) in [4.78, 5) is 16.5. The van der Waals surface area contributed by atoms with Crippen LogP contribution in [0.1, 0.15) is 12.6 Å². The predicted octanol–water partition coefficient (Wildman–Crippen LogP) is -0.194. The molecule has 0 bridgehead atoms. The molecule has 8 heteroatoms. The van der Waals surface area contributed by atoms with Crippen LogP contribution >= 0.6 is 0 Å². The maximum Gasteiger partial charge on any atom is 0.246 e. The van der Waals surface area contributed by atoms with Gasteiger partial charge in [-0.3, -0.25) is 4.79 Å². The second-order valence-electron chi connectivity index (χ2n) is 4.37. The standard InChI is InChI=1S/C12H14N4O3S/c1-10(17)15-5-7-16(8-6-15)20(18,19)12-3-2-4-14-11(12)9-13/h2-4H,5-8H2,1H3. The Kier molecular flexibility index (Phi) is 4.01. The van der Waals surface area contributed by atoms with E-state index in [1.165, 1.54) is 29.6 Å². The minimum atomic E-state index is -3.74. The van der Waals surface area contributed by atoms with Gasteiger partial charge >= 0.3 is 0 Å². The first-order chi connectivity index (χ1) is 9.46. The molecule has 0 aromatic carbocycles. The van der Waals surface area contributed by atoms with Gasteiger partial charge in [0.25, 0.3) is 0 Å². The lowest BCUT2D eigenvalue weighted by Gasteiger charge is -2.33. The van der Waals surface area contributed by atoms with Crippen LogP contribution in [0.3, 0.4) is 0 Å². The number of hydrogen-bond donors (Lipinski definition) is 0. The number of pyridine rings is 1. The summed E-state index contributed by atoms with van der Waals surface area (Å²) >= 11 is 0. The monoisotopic (exact) mass is 294 g/mol. The van der Waals surface area contributed by atoms with Crippen LogP contribution in [0.25, 0.3) is 0 Å². The van der Waals surface area contributed by atoms with Crippen LogP contribution in [-0.4, -0.2) is 54.7 Å². The van der Waals surface area contributed by atoms with Crippen molar-refractivity contribution in [2.75, 3.05) is 26.2 Å². The number of hydrogen-bond acceptors (Lipinski definition) is 5. The van der Waals surface area contributed by atoms with E-state index in [9.17, 15) is 13.2 Å².